The highest BCUT2D eigenvalue weighted by Crippen LogP contribution is 2.47. The van der Waals surface area contributed by atoms with Crippen LogP contribution in [0, 0.1) is 11.3 Å². The first-order chi connectivity index (χ1) is 7.59. The maximum Gasteiger partial charge on any atom is 0.253 e. The van der Waals surface area contributed by atoms with E-state index in [-0.39, 0.29) is 11.3 Å². The van der Waals surface area contributed by atoms with Crippen molar-refractivity contribution in [3.05, 3.63) is 35.4 Å². The van der Waals surface area contributed by atoms with Gasteiger partial charge < -0.3 is 4.90 Å². The molecule has 0 aliphatic heterocycles. The van der Waals surface area contributed by atoms with Crippen LogP contribution in [0.5, 0.6) is 0 Å². The number of rotatable bonds is 2. The first-order valence-electron chi connectivity index (χ1n) is 5.32. The van der Waals surface area contributed by atoms with Crippen LogP contribution in [-0.2, 0) is 5.41 Å². The van der Waals surface area contributed by atoms with E-state index in [0.717, 1.165) is 18.4 Å². The highest BCUT2D eigenvalue weighted by atomic mass is 16.2. The van der Waals surface area contributed by atoms with E-state index >= 15 is 0 Å². The van der Waals surface area contributed by atoms with Gasteiger partial charge in [0.15, 0.2) is 0 Å². The molecule has 2 rings (SSSR count). The van der Waals surface area contributed by atoms with E-state index in [9.17, 15) is 4.79 Å². The summed E-state index contributed by atoms with van der Waals surface area (Å²) in [6.45, 7) is 0. The van der Waals surface area contributed by atoms with Crippen LogP contribution < -0.4 is 0 Å². The third-order valence-corrected chi connectivity index (χ3v) is 3.05. The molecule has 0 unspecified atom stereocenters. The molecule has 16 heavy (non-hydrogen) atoms. The predicted octanol–water partition coefficient (Wildman–Crippen LogP) is 1.94. The van der Waals surface area contributed by atoms with Crippen molar-refractivity contribution < 1.29 is 4.79 Å². The first-order valence-corrected chi connectivity index (χ1v) is 5.32. The molecule has 3 nitrogen and oxygen atoms in total. The van der Waals surface area contributed by atoms with Crippen LogP contribution >= 0.6 is 0 Å². The zero-order chi connectivity index (χ0) is 11.8. The van der Waals surface area contributed by atoms with E-state index in [1.807, 2.05) is 12.1 Å². The SMILES string of the molecule is CN(C)C(=O)c1ccc(C2(C#N)CC2)cc1. The molecule has 1 saturated carbocycles. The fourth-order valence-electron chi connectivity index (χ4n) is 1.78. The summed E-state index contributed by atoms with van der Waals surface area (Å²) in [5, 5.41) is 9.05. The summed E-state index contributed by atoms with van der Waals surface area (Å²) >= 11 is 0. The normalized spacial score (nSPS) is 16.3. The average molecular weight is 214 g/mol. The second-order valence-electron chi connectivity index (χ2n) is 4.47. The van der Waals surface area contributed by atoms with Crippen molar-refractivity contribution in [1.29, 1.82) is 5.26 Å². The monoisotopic (exact) mass is 214 g/mol. The topological polar surface area (TPSA) is 44.1 Å². The van der Waals surface area contributed by atoms with Gasteiger partial charge in [0, 0.05) is 19.7 Å². The lowest BCUT2D eigenvalue weighted by atomic mass is 9.96. The van der Waals surface area contributed by atoms with E-state index in [0.29, 0.717) is 5.56 Å². The zero-order valence-electron chi connectivity index (χ0n) is 9.53. The van der Waals surface area contributed by atoms with E-state index in [1.54, 1.807) is 31.1 Å². The van der Waals surface area contributed by atoms with E-state index in [2.05, 4.69) is 6.07 Å². The number of benzene rings is 1. The Morgan fingerprint density at radius 2 is 1.88 bits per heavy atom. The van der Waals surface area contributed by atoms with Gasteiger partial charge in [0.2, 0.25) is 0 Å². The maximum absolute atomic E-state index is 11.7. The molecule has 0 aromatic heterocycles. The fourth-order valence-corrected chi connectivity index (χ4v) is 1.78. The summed E-state index contributed by atoms with van der Waals surface area (Å²) < 4.78 is 0. The number of carbonyl (C=O) groups excluding carboxylic acids is 1. The fraction of sp³-hybridized carbons (Fsp3) is 0.385. The number of amides is 1. The molecule has 1 amide bonds. The third kappa shape index (κ3) is 1.67. The summed E-state index contributed by atoms with van der Waals surface area (Å²) in [4.78, 5) is 13.2. The molecule has 82 valence electrons. The average Bonchev–Trinajstić information content (AvgIpc) is 3.09. The molecule has 0 radical (unpaired) electrons. The minimum absolute atomic E-state index is 0.00615. The number of nitrogens with zero attached hydrogens (tertiary/aromatic N) is 2. The number of nitriles is 1. The largest absolute Gasteiger partial charge is 0.345 e. The first kappa shape index (κ1) is 10.7. The molecule has 1 fully saturated rings. The standard InChI is InChI=1S/C13H14N2O/c1-15(2)12(16)10-3-5-11(6-4-10)13(9-14)7-8-13/h3-6H,7-8H2,1-2H3. The lowest BCUT2D eigenvalue weighted by Crippen LogP contribution is -2.21. The third-order valence-electron chi connectivity index (χ3n) is 3.05. The second kappa shape index (κ2) is 3.64. The predicted molar refractivity (Wildman–Crippen MR) is 61.0 cm³/mol. The van der Waals surface area contributed by atoms with Gasteiger partial charge in [0.1, 0.15) is 0 Å². The van der Waals surface area contributed by atoms with Gasteiger partial charge in [-0.25, -0.2) is 0 Å². The lowest BCUT2D eigenvalue weighted by molar-refractivity contribution is 0.0827. The van der Waals surface area contributed by atoms with Crippen molar-refractivity contribution >= 4 is 5.91 Å². The van der Waals surface area contributed by atoms with Gasteiger partial charge >= 0.3 is 0 Å². The molecule has 1 aliphatic carbocycles. The Bertz CT molecular complexity index is 450. The Hall–Kier alpha value is -1.82. The molecule has 0 saturated heterocycles. The van der Waals surface area contributed by atoms with Gasteiger partial charge in [-0.1, -0.05) is 12.1 Å². The van der Waals surface area contributed by atoms with Crippen molar-refractivity contribution in [1.82, 2.24) is 4.90 Å². The highest BCUT2D eigenvalue weighted by molar-refractivity contribution is 5.93. The van der Waals surface area contributed by atoms with Crippen LogP contribution in [0.2, 0.25) is 0 Å². The lowest BCUT2D eigenvalue weighted by Gasteiger charge is -2.11. The van der Waals surface area contributed by atoms with Crippen LogP contribution in [0.25, 0.3) is 0 Å². The van der Waals surface area contributed by atoms with E-state index in [1.165, 1.54) is 0 Å². The summed E-state index contributed by atoms with van der Waals surface area (Å²) in [5.41, 5.74) is 1.44. The quantitative estimate of drug-likeness (QED) is 0.755. The van der Waals surface area contributed by atoms with Crippen LogP contribution in [0.4, 0.5) is 0 Å². The Morgan fingerprint density at radius 3 is 2.25 bits per heavy atom. The van der Waals surface area contributed by atoms with Crippen molar-refractivity contribution in [3.63, 3.8) is 0 Å². The number of carbonyl (C=O) groups is 1. The van der Waals surface area contributed by atoms with Gasteiger partial charge in [-0.15, -0.1) is 0 Å². The highest BCUT2D eigenvalue weighted by Gasteiger charge is 2.44. The van der Waals surface area contributed by atoms with Crippen molar-refractivity contribution in [2.75, 3.05) is 14.1 Å². The van der Waals surface area contributed by atoms with Crippen LogP contribution in [-0.4, -0.2) is 24.9 Å². The summed E-state index contributed by atoms with van der Waals surface area (Å²) in [6, 6.07) is 9.74. The van der Waals surface area contributed by atoms with Crippen molar-refractivity contribution in [3.8, 4) is 6.07 Å². The van der Waals surface area contributed by atoms with Crippen LogP contribution in [0.15, 0.2) is 24.3 Å². The minimum atomic E-state index is -0.264. The van der Waals surface area contributed by atoms with Gasteiger partial charge in [-0.05, 0) is 30.5 Å². The van der Waals surface area contributed by atoms with Crippen LogP contribution in [0.1, 0.15) is 28.8 Å². The zero-order valence-corrected chi connectivity index (χ0v) is 9.53. The summed E-state index contributed by atoms with van der Waals surface area (Å²) in [5.74, 6) is -0.00615. The molecule has 1 aliphatic rings. The second-order valence-corrected chi connectivity index (χ2v) is 4.47. The van der Waals surface area contributed by atoms with E-state index < -0.39 is 0 Å². The molecule has 0 atom stereocenters. The number of hydrogen-bond donors (Lipinski definition) is 0. The molecular formula is C13H14N2O. The Kier molecular flexibility index (Phi) is 2.43. The Labute approximate surface area is 95.3 Å². The minimum Gasteiger partial charge on any atom is -0.345 e. The smallest absolute Gasteiger partial charge is 0.253 e. The summed E-state index contributed by atoms with van der Waals surface area (Å²) in [6.07, 6.45) is 1.87. The molecular weight excluding hydrogens is 200 g/mol. The Balaban J connectivity index is 2.24. The Morgan fingerprint density at radius 1 is 1.31 bits per heavy atom. The van der Waals surface area contributed by atoms with Gasteiger partial charge in [0.05, 0.1) is 11.5 Å². The molecule has 0 bridgehead atoms. The molecule has 0 spiro atoms. The molecule has 1 aromatic carbocycles. The van der Waals surface area contributed by atoms with Gasteiger partial charge in [-0.3, -0.25) is 4.79 Å². The number of hydrogen-bond acceptors (Lipinski definition) is 2. The molecule has 0 N–H and O–H groups in total. The van der Waals surface area contributed by atoms with Gasteiger partial charge in [-0.2, -0.15) is 5.26 Å². The molecule has 1 aromatic rings. The van der Waals surface area contributed by atoms with Crippen molar-refractivity contribution in [2.45, 2.75) is 18.3 Å². The van der Waals surface area contributed by atoms with Crippen LogP contribution in [0.3, 0.4) is 0 Å². The molecule has 0 heterocycles. The molecule has 3 heteroatoms. The maximum atomic E-state index is 11.7. The van der Waals surface area contributed by atoms with E-state index in [4.69, 9.17) is 5.26 Å². The van der Waals surface area contributed by atoms with Crippen molar-refractivity contribution in [2.24, 2.45) is 0 Å². The summed E-state index contributed by atoms with van der Waals surface area (Å²) in [7, 11) is 3.46. The van der Waals surface area contributed by atoms with Gasteiger partial charge in [0.25, 0.3) is 5.91 Å².